The molecule has 0 spiro atoms. The van der Waals surface area contributed by atoms with Crippen LogP contribution in [0.2, 0.25) is 0 Å². The van der Waals surface area contributed by atoms with Crippen LogP contribution in [0.15, 0.2) is 79.0 Å². The van der Waals surface area contributed by atoms with Crippen LogP contribution in [0, 0.1) is 0 Å². The van der Waals surface area contributed by atoms with Crippen LogP contribution < -0.4 is 25.3 Å². The number of anilines is 1. The number of methoxy groups -OCH3 is 3. The summed E-state index contributed by atoms with van der Waals surface area (Å²) in [5.74, 6) is 0.516. The molecule has 1 heterocycles. The molecule has 4 aromatic rings. The van der Waals surface area contributed by atoms with Crippen molar-refractivity contribution in [1.82, 2.24) is 9.78 Å². The number of para-hydroxylation sites is 1. The second-order valence-corrected chi connectivity index (χ2v) is 7.88. The Labute approximate surface area is 214 Å². The van der Waals surface area contributed by atoms with E-state index in [-0.39, 0.29) is 5.56 Å². The largest absolute Gasteiger partial charge is 0.495 e. The minimum atomic E-state index is -0.610. The van der Waals surface area contributed by atoms with Crippen molar-refractivity contribution in [2.75, 3.05) is 26.6 Å². The topological polar surface area (TPSA) is 118 Å². The number of ether oxygens (including phenoxy) is 3. The maximum atomic E-state index is 12.8. The molecule has 0 aliphatic rings. The van der Waals surface area contributed by atoms with Gasteiger partial charge in [-0.1, -0.05) is 18.2 Å². The number of carbonyl (C=O) groups is 2. The summed E-state index contributed by atoms with van der Waals surface area (Å²) in [6.07, 6.45) is 4.88. The van der Waals surface area contributed by atoms with Gasteiger partial charge in [0.05, 0.1) is 32.7 Å². The number of nitrogens with two attached hydrogens (primary N) is 1. The van der Waals surface area contributed by atoms with Crippen LogP contribution in [0.25, 0.3) is 23.0 Å². The maximum Gasteiger partial charge on any atom is 0.248 e. The number of nitrogens with zero attached hydrogens (tertiary/aromatic N) is 2. The molecule has 0 bridgehead atoms. The van der Waals surface area contributed by atoms with Crippen LogP contribution in [0.3, 0.4) is 0 Å². The van der Waals surface area contributed by atoms with Gasteiger partial charge < -0.3 is 25.3 Å². The van der Waals surface area contributed by atoms with Crippen molar-refractivity contribution in [2.24, 2.45) is 5.73 Å². The number of benzene rings is 3. The van der Waals surface area contributed by atoms with Gasteiger partial charge in [-0.05, 0) is 54.6 Å². The van der Waals surface area contributed by atoms with E-state index in [0.29, 0.717) is 34.2 Å². The minimum absolute atomic E-state index is 0.250. The van der Waals surface area contributed by atoms with E-state index in [1.165, 1.54) is 25.3 Å². The molecule has 0 saturated heterocycles. The van der Waals surface area contributed by atoms with Crippen molar-refractivity contribution < 1.29 is 23.8 Å². The average molecular weight is 499 g/mol. The molecule has 0 unspecified atom stereocenters. The number of carbonyl (C=O) groups excluding carboxylic acids is 2. The number of hydrogen-bond acceptors (Lipinski definition) is 6. The normalized spacial score (nSPS) is 10.8. The molecule has 0 fully saturated rings. The van der Waals surface area contributed by atoms with E-state index < -0.39 is 11.8 Å². The van der Waals surface area contributed by atoms with Gasteiger partial charge in [-0.3, -0.25) is 9.59 Å². The molecule has 0 saturated carbocycles. The molecule has 1 aromatic heterocycles. The summed E-state index contributed by atoms with van der Waals surface area (Å²) >= 11 is 0. The Morgan fingerprint density at radius 3 is 2.27 bits per heavy atom. The van der Waals surface area contributed by atoms with Crippen LogP contribution in [-0.4, -0.2) is 42.9 Å². The lowest BCUT2D eigenvalue weighted by atomic mass is 10.1. The molecule has 0 aliphatic carbocycles. The average Bonchev–Trinajstić information content (AvgIpc) is 3.36. The van der Waals surface area contributed by atoms with Crippen LogP contribution in [0.4, 0.5) is 5.69 Å². The molecular formula is C28H26N4O5. The minimum Gasteiger partial charge on any atom is -0.495 e. The van der Waals surface area contributed by atoms with Gasteiger partial charge in [0.2, 0.25) is 11.8 Å². The highest BCUT2D eigenvalue weighted by molar-refractivity contribution is 6.04. The molecule has 0 aliphatic heterocycles. The van der Waals surface area contributed by atoms with Crippen molar-refractivity contribution in [3.05, 3.63) is 90.1 Å². The molecule has 3 N–H and O–H groups in total. The molecule has 188 valence electrons. The zero-order valence-corrected chi connectivity index (χ0v) is 20.6. The number of primary amides is 1. The first kappa shape index (κ1) is 25.1. The van der Waals surface area contributed by atoms with Crippen LogP contribution in [-0.2, 0) is 4.79 Å². The molecule has 9 heteroatoms. The summed E-state index contributed by atoms with van der Waals surface area (Å²) in [4.78, 5) is 24.4. The number of aromatic nitrogens is 2. The second kappa shape index (κ2) is 11.1. The molecule has 3 aromatic carbocycles. The summed E-state index contributed by atoms with van der Waals surface area (Å²) in [6.45, 7) is 0. The number of rotatable bonds is 9. The van der Waals surface area contributed by atoms with Gasteiger partial charge in [0.1, 0.15) is 11.4 Å². The quantitative estimate of drug-likeness (QED) is 0.332. The fourth-order valence-corrected chi connectivity index (χ4v) is 3.73. The number of hydrogen-bond donors (Lipinski definition) is 2. The van der Waals surface area contributed by atoms with Gasteiger partial charge in [-0.25, -0.2) is 4.68 Å². The lowest BCUT2D eigenvalue weighted by Crippen LogP contribution is -2.13. The smallest absolute Gasteiger partial charge is 0.248 e. The van der Waals surface area contributed by atoms with Crippen molar-refractivity contribution >= 4 is 23.6 Å². The summed E-state index contributed by atoms with van der Waals surface area (Å²) in [6, 6.07) is 19.7. The molecule has 0 atom stereocenters. The zero-order chi connectivity index (χ0) is 26.4. The van der Waals surface area contributed by atoms with Crippen LogP contribution in [0.1, 0.15) is 15.9 Å². The first-order valence-corrected chi connectivity index (χ1v) is 11.3. The fourth-order valence-electron chi connectivity index (χ4n) is 3.73. The highest BCUT2D eigenvalue weighted by atomic mass is 16.5. The van der Waals surface area contributed by atoms with Gasteiger partial charge in [-0.15, -0.1) is 0 Å². The predicted molar refractivity (Wildman–Crippen MR) is 141 cm³/mol. The van der Waals surface area contributed by atoms with Gasteiger partial charge >= 0.3 is 0 Å². The lowest BCUT2D eigenvalue weighted by Gasteiger charge is -2.10. The third-order valence-electron chi connectivity index (χ3n) is 5.58. The van der Waals surface area contributed by atoms with Crippen molar-refractivity contribution in [2.45, 2.75) is 0 Å². The molecular weight excluding hydrogens is 472 g/mol. The van der Waals surface area contributed by atoms with Crippen molar-refractivity contribution in [3.63, 3.8) is 0 Å². The first-order valence-electron chi connectivity index (χ1n) is 11.3. The molecule has 4 rings (SSSR count). The lowest BCUT2D eigenvalue weighted by molar-refractivity contribution is -0.111. The molecule has 37 heavy (non-hydrogen) atoms. The summed E-state index contributed by atoms with van der Waals surface area (Å²) in [5.41, 5.74) is 8.93. The van der Waals surface area contributed by atoms with Crippen LogP contribution in [0.5, 0.6) is 17.2 Å². The van der Waals surface area contributed by atoms with E-state index in [0.717, 1.165) is 11.3 Å². The highest BCUT2D eigenvalue weighted by Gasteiger charge is 2.15. The number of amides is 2. The number of nitrogens with one attached hydrogen (secondary N) is 1. The third kappa shape index (κ3) is 5.62. The van der Waals surface area contributed by atoms with Gasteiger partial charge in [0, 0.05) is 29.0 Å². The Morgan fingerprint density at radius 1 is 0.892 bits per heavy atom. The van der Waals surface area contributed by atoms with E-state index in [2.05, 4.69) is 5.32 Å². The first-order chi connectivity index (χ1) is 17.9. The highest BCUT2D eigenvalue weighted by Crippen LogP contribution is 2.34. The van der Waals surface area contributed by atoms with Crippen LogP contribution >= 0.6 is 0 Å². The molecule has 2 amide bonds. The monoisotopic (exact) mass is 498 g/mol. The van der Waals surface area contributed by atoms with Gasteiger partial charge in [-0.2, -0.15) is 5.10 Å². The Kier molecular flexibility index (Phi) is 7.53. The molecule has 9 nitrogen and oxygen atoms in total. The standard InChI is InChI=1S/C28H26N4O5/c1-35-23-12-10-19(28(29)34)15-22(23)30-26(33)14-11-20-17-32(21-7-5-4-6-8-21)31-27(20)18-9-13-24(36-2)25(16-18)37-3/h4-17H,1-3H3,(H2,29,34)(H,30,33)/b14-11+. The predicted octanol–water partition coefficient (Wildman–Crippen LogP) is 4.32. The zero-order valence-electron chi connectivity index (χ0n) is 20.6. The Morgan fingerprint density at radius 2 is 1.59 bits per heavy atom. The summed E-state index contributed by atoms with van der Waals surface area (Å²) in [7, 11) is 4.61. The van der Waals surface area contributed by atoms with E-state index in [4.69, 9.17) is 25.0 Å². The van der Waals surface area contributed by atoms with Gasteiger partial charge in [0.15, 0.2) is 11.5 Å². The Bertz CT molecular complexity index is 1460. The van der Waals surface area contributed by atoms with Gasteiger partial charge in [0.25, 0.3) is 0 Å². The summed E-state index contributed by atoms with van der Waals surface area (Å²) < 4.78 is 17.8. The van der Waals surface area contributed by atoms with E-state index >= 15 is 0 Å². The SMILES string of the molecule is COc1ccc(C(N)=O)cc1NC(=O)/C=C/c1cn(-c2ccccc2)nc1-c1ccc(OC)c(OC)c1. The maximum absolute atomic E-state index is 12.8. The van der Waals surface area contributed by atoms with E-state index in [9.17, 15) is 9.59 Å². The Hall–Kier alpha value is -5.05. The Balaban J connectivity index is 1.69. The van der Waals surface area contributed by atoms with E-state index in [1.807, 2.05) is 48.7 Å². The fraction of sp³-hybridized carbons (Fsp3) is 0.107. The third-order valence-corrected chi connectivity index (χ3v) is 5.58. The van der Waals surface area contributed by atoms with E-state index in [1.54, 1.807) is 37.1 Å². The molecule has 0 radical (unpaired) electrons. The second-order valence-electron chi connectivity index (χ2n) is 7.88. The summed E-state index contributed by atoms with van der Waals surface area (Å²) in [5, 5.41) is 7.50. The van der Waals surface area contributed by atoms with Crippen molar-refractivity contribution in [1.29, 1.82) is 0 Å². The van der Waals surface area contributed by atoms with Crippen molar-refractivity contribution in [3.8, 4) is 34.2 Å².